The Bertz CT molecular complexity index is 502. The summed E-state index contributed by atoms with van der Waals surface area (Å²) in [4.78, 5) is 0. The summed E-state index contributed by atoms with van der Waals surface area (Å²) in [6.45, 7) is 27.3. The van der Waals surface area contributed by atoms with E-state index < -0.39 is 16.6 Å². The molecule has 0 aliphatic carbocycles. The van der Waals surface area contributed by atoms with Gasteiger partial charge in [0.05, 0.1) is 0 Å². The van der Waals surface area contributed by atoms with E-state index in [-0.39, 0.29) is 0 Å². The summed E-state index contributed by atoms with van der Waals surface area (Å²) >= 11 is 0. The molecule has 0 N–H and O–H groups in total. The second-order valence-corrected chi connectivity index (χ2v) is 16.2. The lowest BCUT2D eigenvalue weighted by Crippen LogP contribution is -2.50. The molecule has 0 aromatic rings. The van der Waals surface area contributed by atoms with Crippen molar-refractivity contribution in [3.05, 3.63) is 32.8 Å². The lowest BCUT2D eigenvalue weighted by Gasteiger charge is -2.40. The molecule has 0 heterocycles. The average molecular weight is 353 g/mol. The number of hydrogen-bond donors (Lipinski definition) is 0. The fourth-order valence-corrected chi connectivity index (χ4v) is 14.1. The summed E-state index contributed by atoms with van der Waals surface area (Å²) < 4.78 is 7.18. The van der Waals surface area contributed by atoms with Gasteiger partial charge in [-0.2, -0.15) is 0 Å². The minimum Gasteiger partial charge on any atom is -0.446 e. The Morgan fingerprint density at radius 2 is 1.26 bits per heavy atom. The molecular formula is C20H40OSi2. The van der Waals surface area contributed by atoms with Crippen molar-refractivity contribution in [2.45, 2.75) is 88.4 Å². The summed E-state index contributed by atoms with van der Waals surface area (Å²) in [6, 6.07) is 1.19. The zero-order valence-corrected chi connectivity index (χ0v) is 19.8. The van der Waals surface area contributed by atoms with Crippen LogP contribution in [0.2, 0.25) is 19.1 Å². The van der Waals surface area contributed by atoms with Crippen LogP contribution in [0.25, 0.3) is 0 Å². The standard InChI is InChI=1S/C20H40OSi2/c1-15(2)13-22(11,19(9)17(5)6)21-23(12,14-16(3)4)20(10)18(7)8/h13,16H,14H2,1-12H3. The maximum Gasteiger partial charge on any atom is 0.230 e. The molecule has 0 bridgehead atoms. The van der Waals surface area contributed by atoms with E-state index in [0.29, 0.717) is 5.92 Å². The van der Waals surface area contributed by atoms with Crippen LogP contribution in [-0.4, -0.2) is 16.6 Å². The van der Waals surface area contributed by atoms with Crippen LogP contribution >= 0.6 is 0 Å². The highest BCUT2D eigenvalue weighted by Crippen LogP contribution is 2.34. The van der Waals surface area contributed by atoms with E-state index in [1.165, 1.54) is 33.2 Å². The van der Waals surface area contributed by atoms with Crippen molar-refractivity contribution in [1.29, 1.82) is 0 Å². The number of hydrogen-bond acceptors (Lipinski definition) is 1. The number of allylic oxidation sites excluding steroid dienone is 5. The van der Waals surface area contributed by atoms with Crippen LogP contribution in [0.15, 0.2) is 32.8 Å². The molecule has 23 heavy (non-hydrogen) atoms. The Balaban J connectivity index is 6.16. The van der Waals surface area contributed by atoms with Crippen molar-refractivity contribution in [1.82, 2.24) is 0 Å². The average Bonchev–Trinajstić information content (AvgIpc) is 2.34. The van der Waals surface area contributed by atoms with Crippen molar-refractivity contribution in [3.8, 4) is 0 Å². The summed E-state index contributed by atoms with van der Waals surface area (Å²) in [5, 5.41) is 3.00. The van der Waals surface area contributed by atoms with Crippen molar-refractivity contribution < 1.29 is 4.12 Å². The van der Waals surface area contributed by atoms with E-state index >= 15 is 0 Å². The highest BCUT2D eigenvalue weighted by atomic mass is 28.4. The molecule has 0 radical (unpaired) electrons. The van der Waals surface area contributed by atoms with Gasteiger partial charge < -0.3 is 4.12 Å². The third kappa shape index (κ3) is 6.56. The number of rotatable bonds is 7. The van der Waals surface area contributed by atoms with Crippen LogP contribution in [0, 0.1) is 5.92 Å². The van der Waals surface area contributed by atoms with Gasteiger partial charge in [-0.1, -0.05) is 46.7 Å². The van der Waals surface area contributed by atoms with E-state index in [2.05, 4.69) is 88.0 Å². The minimum absolute atomic E-state index is 0.665. The van der Waals surface area contributed by atoms with Gasteiger partial charge in [0.25, 0.3) is 0 Å². The molecule has 0 spiro atoms. The lowest BCUT2D eigenvalue weighted by molar-refractivity contribution is 0.533. The summed E-state index contributed by atoms with van der Waals surface area (Å²) in [7, 11) is -3.97. The maximum absolute atomic E-state index is 7.18. The highest BCUT2D eigenvalue weighted by Gasteiger charge is 2.42. The zero-order valence-electron chi connectivity index (χ0n) is 17.8. The van der Waals surface area contributed by atoms with E-state index in [4.69, 9.17) is 4.12 Å². The molecule has 0 amide bonds. The van der Waals surface area contributed by atoms with Crippen LogP contribution in [0.1, 0.15) is 69.2 Å². The Morgan fingerprint density at radius 3 is 1.57 bits per heavy atom. The topological polar surface area (TPSA) is 9.23 Å². The first-order chi connectivity index (χ1) is 10.2. The minimum atomic E-state index is -2.04. The van der Waals surface area contributed by atoms with Crippen LogP contribution in [0.5, 0.6) is 0 Å². The molecule has 0 aromatic heterocycles. The third-order valence-corrected chi connectivity index (χ3v) is 15.1. The lowest BCUT2D eigenvalue weighted by atomic mass is 10.3. The summed E-state index contributed by atoms with van der Waals surface area (Å²) in [6.07, 6.45) is 0. The predicted molar refractivity (Wildman–Crippen MR) is 111 cm³/mol. The molecule has 1 nitrogen and oxygen atoms in total. The van der Waals surface area contributed by atoms with Gasteiger partial charge in [-0.15, -0.1) is 0 Å². The third-order valence-electron chi connectivity index (χ3n) is 4.84. The molecule has 0 saturated carbocycles. The smallest absolute Gasteiger partial charge is 0.230 e. The maximum atomic E-state index is 7.18. The zero-order chi connectivity index (χ0) is 18.6. The molecule has 2 unspecified atom stereocenters. The normalized spacial score (nSPS) is 16.4. The Morgan fingerprint density at radius 1 is 0.826 bits per heavy atom. The summed E-state index contributed by atoms with van der Waals surface area (Å²) in [5.74, 6) is 0.665. The summed E-state index contributed by atoms with van der Waals surface area (Å²) in [5.41, 5.74) is 6.66. The first-order valence-corrected chi connectivity index (χ1v) is 14.0. The SMILES string of the molecule is CC(C)=C[Si](C)(O[Si](C)(CC(C)C)C(C)=C(C)C)C(C)=C(C)C. The van der Waals surface area contributed by atoms with Gasteiger partial charge in [0.15, 0.2) is 0 Å². The molecule has 3 heteroatoms. The first-order valence-electron chi connectivity index (χ1n) is 8.90. The van der Waals surface area contributed by atoms with E-state index in [9.17, 15) is 0 Å². The Kier molecular flexibility index (Phi) is 8.49. The second kappa shape index (κ2) is 8.63. The van der Waals surface area contributed by atoms with Crippen LogP contribution in [0.4, 0.5) is 0 Å². The molecular weight excluding hydrogens is 312 g/mol. The van der Waals surface area contributed by atoms with Crippen molar-refractivity contribution in [2.24, 2.45) is 5.92 Å². The highest BCUT2D eigenvalue weighted by molar-refractivity contribution is 6.95. The van der Waals surface area contributed by atoms with Crippen LogP contribution in [0.3, 0.4) is 0 Å². The monoisotopic (exact) mass is 352 g/mol. The second-order valence-electron chi connectivity index (χ2n) is 8.51. The van der Waals surface area contributed by atoms with Gasteiger partial charge in [0.2, 0.25) is 16.6 Å². The van der Waals surface area contributed by atoms with Gasteiger partial charge in [-0.05, 0) is 80.4 Å². The van der Waals surface area contributed by atoms with Crippen LogP contribution < -0.4 is 0 Å². The molecule has 0 rings (SSSR count). The van der Waals surface area contributed by atoms with Gasteiger partial charge in [-0.3, -0.25) is 0 Å². The van der Waals surface area contributed by atoms with Crippen LogP contribution in [-0.2, 0) is 4.12 Å². The Hall–Kier alpha value is -0.386. The largest absolute Gasteiger partial charge is 0.446 e. The van der Waals surface area contributed by atoms with Gasteiger partial charge >= 0.3 is 0 Å². The Labute approximate surface area is 148 Å². The molecule has 2 atom stereocenters. The van der Waals surface area contributed by atoms with E-state index in [1.54, 1.807) is 0 Å². The predicted octanol–water partition coefficient (Wildman–Crippen LogP) is 7.11. The van der Waals surface area contributed by atoms with Gasteiger partial charge in [0, 0.05) is 0 Å². The molecule has 134 valence electrons. The molecule has 0 aliphatic rings. The fourth-order valence-electron chi connectivity index (χ4n) is 3.31. The van der Waals surface area contributed by atoms with Gasteiger partial charge in [-0.25, -0.2) is 0 Å². The van der Waals surface area contributed by atoms with E-state index in [0.717, 1.165) is 0 Å². The quantitative estimate of drug-likeness (QED) is 0.444. The van der Waals surface area contributed by atoms with Gasteiger partial charge in [0.1, 0.15) is 0 Å². The molecule has 0 aliphatic heterocycles. The fraction of sp³-hybridized carbons (Fsp3) is 0.700. The molecule has 0 aromatic carbocycles. The molecule has 0 fully saturated rings. The van der Waals surface area contributed by atoms with E-state index in [1.807, 2.05) is 0 Å². The van der Waals surface area contributed by atoms with Crippen molar-refractivity contribution >= 4 is 16.6 Å². The first kappa shape index (κ1) is 22.6. The van der Waals surface area contributed by atoms with Crippen molar-refractivity contribution in [3.63, 3.8) is 0 Å². The van der Waals surface area contributed by atoms with Crippen molar-refractivity contribution in [2.75, 3.05) is 0 Å². The molecule has 0 saturated heterocycles.